The fourth-order valence-electron chi connectivity index (χ4n) is 1.60. The average Bonchev–Trinajstić information content (AvgIpc) is 2.28. The molecule has 0 aromatic carbocycles. The van der Waals surface area contributed by atoms with E-state index in [9.17, 15) is 14.4 Å². The van der Waals surface area contributed by atoms with E-state index < -0.39 is 23.8 Å². The van der Waals surface area contributed by atoms with E-state index >= 15 is 0 Å². The Morgan fingerprint density at radius 2 is 2.11 bits per heavy atom. The van der Waals surface area contributed by atoms with Crippen LogP contribution in [0.2, 0.25) is 0 Å². The number of carboxylic acid groups (broad SMARTS) is 1. The van der Waals surface area contributed by atoms with Crippen LogP contribution in [-0.4, -0.2) is 54.2 Å². The quantitative estimate of drug-likeness (QED) is 0.413. The first kappa shape index (κ1) is 15.4. The van der Waals surface area contributed by atoms with Crippen molar-refractivity contribution >= 4 is 17.8 Å². The Kier molecular flexibility index (Phi) is 5.25. The van der Waals surface area contributed by atoms with Crippen molar-refractivity contribution in [2.24, 2.45) is 5.73 Å². The van der Waals surface area contributed by atoms with Gasteiger partial charge >= 0.3 is 5.97 Å². The largest absolute Gasteiger partial charge is 0.480 e. The van der Waals surface area contributed by atoms with Crippen molar-refractivity contribution in [3.63, 3.8) is 0 Å². The molecule has 19 heavy (non-hydrogen) atoms. The summed E-state index contributed by atoms with van der Waals surface area (Å²) >= 11 is 0. The van der Waals surface area contributed by atoms with Gasteiger partial charge in [0.15, 0.2) is 0 Å². The van der Waals surface area contributed by atoms with Gasteiger partial charge < -0.3 is 26.2 Å². The molecule has 1 aliphatic heterocycles. The zero-order chi connectivity index (χ0) is 14.5. The second-order valence-electron chi connectivity index (χ2n) is 4.81. The summed E-state index contributed by atoms with van der Waals surface area (Å²) in [6.07, 6.45) is -0.130. The Balaban J connectivity index is 2.33. The summed E-state index contributed by atoms with van der Waals surface area (Å²) in [5, 5.41) is 14.2. The molecule has 1 fully saturated rings. The number of nitrogens with two attached hydrogens (primary N) is 1. The summed E-state index contributed by atoms with van der Waals surface area (Å²) in [5.41, 5.74) is 4.57. The van der Waals surface area contributed by atoms with Crippen LogP contribution >= 0.6 is 0 Å². The second-order valence-corrected chi connectivity index (χ2v) is 4.81. The lowest BCUT2D eigenvalue weighted by Crippen LogP contribution is -2.60. The first-order valence-electron chi connectivity index (χ1n) is 5.97. The Hall–Kier alpha value is -1.67. The Morgan fingerprint density at radius 3 is 2.53 bits per heavy atom. The number of carbonyl (C=O) groups excluding carboxylic acids is 2. The highest BCUT2D eigenvalue weighted by molar-refractivity contribution is 5.84. The molecule has 1 heterocycles. The lowest BCUT2D eigenvalue weighted by Gasteiger charge is -2.38. The predicted molar refractivity (Wildman–Crippen MR) is 65.2 cm³/mol. The molecule has 5 N–H and O–H groups in total. The highest BCUT2D eigenvalue weighted by Crippen LogP contribution is 2.14. The molecule has 108 valence electrons. The molecule has 0 spiro atoms. The molecule has 0 radical (unpaired) electrons. The van der Waals surface area contributed by atoms with Crippen molar-refractivity contribution < 1.29 is 24.2 Å². The number of ether oxygens (including phenoxy) is 1. The molecule has 0 unspecified atom stereocenters. The minimum Gasteiger partial charge on any atom is -0.480 e. The molecule has 2 amide bonds. The number of rotatable bonds is 8. The topological polar surface area (TPSA) is 131 Å². The van der Waals surface area contributed by atoms with Crippen LogP contribution in [0.15, 0.2) is 0 Å². The molecule has 1 rings (SSSR count). The van der Waals surface area contributed by atoms with Gasteiger partial charge in [-0.15, -0.1) is 0 Å². The van der Waals surface area contributed by atoms with E-state index in [-0.39, 0.29) is 25.0 Å². The molecule has 0 bridgehead atoms. The van der Waals surface area contributed by atoms with Crippen molar-refractivity contribution in [3.05, 3.63) is 0 Å². The summed E-state index contributed by atoms with van der Waals surface area (Å²) in [5.74, 6) is -2.33. The van der Waals surface area contributed by atoms with Gasteiger partial charge in [0.2, 0.25) is 11.8 Å². The third-order valence-corrected chi connectivity index (χ3v) is 2.86. The second kappa shape index (κ2) is 6.48. The fraction of sp³-hybridized carbons (Fsp3) is 0.727. The van der Waals surface area contributed by atoms with Crippen LogP contribution in [-0.2, 0) is 19.1 Å². The molecule has 0 aromatic heterocycles. The van der Waals surface area contributed by atoms with Crippen LogP contribution in [0.3, 0.4) is 0 Å². The standard InChI is InChI=1S/C11H19N3O5/c1-11(5-13-6-11)19-4-9(16)14-7(10(17)18)2-3-8(12)15/h7,13H,2-6H2,1H3,(H2,12,15)(H,14,16)(H,17,18)/t7-/m0/s1. The summed E-state index contributed by atoms with van der Waals surface area (Å²) in [7, 11) is 0. The van der Waals surface area contributed by atoms with Crippen LogP contribution in [0.1, 0.15) is 19.8 Å². The summed E-state index contributed by atoms with van der Waals surface area (Å²) in [4.78, 5) is 33.1. The van der Waals surface area contributed by atoms with Gasteiger partial charge in [-0.25, -0.2) is 4.79 Å². The Labute approximate surface area is 110 Å². The first-order chi connectivity index (χ1) is 8.82. The SMILES string of the molecule is CC1(OCC(=O)N[C@@H](CCC(N)=O)C(=O)O)CNC1. The highest BCUT2D eigenvalue weighted by Gasteiger charge is 2.33. The fourth-order valence-corrected chi connectivity index (χ4v) is 1.60. The number of carboxylic acids is 1. The molecule has 1 aliphatic rings. The van der Waals surface area contributed by atoms with Crippen LogP contribution in [0, 0.1) is 0 Å². The maximum absolute atomic E-state index is 11.6. The van der Waals surface area contributed by atoms with Gasteiger partial charge in [0.1, 0.15) is 12.6 Å². The van der Waals surface area contributed by atoms with Crippen molar-refractivity contribution in [1.82, 2.24) is 10.6 Å². The van der Waals surface area contributed by atoms with Crippen LogP contribution in [0.5, 0.6) is 0 Å². The molecular formula is C11H19N3O5. The highest BCUT2D eigenvalue weighted by atomic mass is 16.5. The smallest absolute Gasteiger partial charge is 0.326 e. The van der Waals surface area contributed by atoms with E-state index in [1.54, 1.807) is 0 Å². The minimum atomic E-state index is -1.20. The number of hydrogen-bond acceptors (Lipinski definition) is 5. The number of amides is 2. The van der Waals surface area contributed by atoms with Crippen LogP contribution in [0.4, 0.5) is 0 Å². The summed E-state index contributed by atoms with van der Waals surface area (Å²) < 4.78 is 5.37. The number of primary amides is 1. The molecule has 0 aromatic rings. The van der Waals surface area contributed by atoms with Gasteiger partial charge in [-0.2, -0.15) is 0 Å². The number of carbonyl (C=O) groups is 3. The van der Waals surface area contributed by atoms with E-state index in [2.05, 4.69) is 10.6 Å². The van der Waals surface area contributed by atoms with E-state index in [1.807, 2.05) is 6.92 Å². The molecule has 8 heteroatoms. The summed E-state index contributed by atoms with van der Waals surface area (Å²) in [6.45, 7) is 2.96. The molecular weight excluding hydrogens is 254 g/mol. The van der Waals surface area contributed by atoms with Crippen molar-refractivity contribution in [1.29, 1.82) is 0 Å². The molecule has 1 atom stereocenters. The normalized spacial score (nSPS) is 18.2. The third kappa shape index (κ3) is 5.23. The Morgan fingerprint density at radius 1 is 1.47 bits per heavy atom. The van der Waals surface area contributed by atoms with Gasteiger partial charge in [-0.3, -0.25) is 9.59 Å². The van der Waals surface area contributed by atoms with Crippen molar-refractivity contribution in [3.8, 4) is 0 Å². The maximum Gasteiger partial charge on any atom is 0.326 e. The molecule has 0 aliphatic carbocycles. The van der Waals surface area contributed by atoms with Gasteiger partial charge in [-0.1, -0.05) is 0 Å². The van der Waals surface area contributed by atoms with E-state index in [4.69, 9.17) is 15.6 Å². The van der Waals surface area contributed by atoms with E-state index in [0.717, 1.165) is 0 Å². The third-order valence-electron chi connectivity index (χ3n) is 2.86. The predicted octanol–water partition coefficient (Wildman–Crippen LogP) is -1.80. The number of aliphatic carboxylic acids is 1. The average molecular weight is 273 g/mol. The van der Waals surface area contributed by atoms with Gasteiger partial charge in [-0.05, 0) is 13.3 Å². The molecule has 8 nitrogen and oxygen atoms in total. The summed E-state index contributed by atoms with van der Waals surface area (Å²) in [6, 6.07) is -1.13. The van der Waals surface area contributed by atoms with Crippen LogP contribution < -0.4 is 16.4 Å². The lowest BCUT2D eigenvalue weighted by atomic mass is 10.0. The zero-order valence-corrected chi connectivity index (χ0v) is 10.8. The monoisotopic (exact) mass is 273 g/mol. The van der Waals surface area contributed by atoms with Crippen LogP contribution in [0.25, 0.3) is 0 Å². The Bertz CT molecular complexity index is 367. The van der Waals surface area contributed by atoms with Gasteiger partial charge in [0.25, 0.3) is 0 Å². The number of hydrogen-bond donors (Lipinski definition) is 4. The van der Waals surface area contributed by atoms with Crippen molar-refractivity contribution in [2.75, 3.05) is 19.7 Å². The van der Waals surface area contributed by atoms with Gasteiger partial charge in [0.05, 0.1) is 5.60 Å². The molecule has 1 saturated heterocycles. The minimum absolute atomic E-state index is 0.0325. The van der Waals surface area contributed by atoms with Crippen molar-refractivity contribution in [2.45, 2.75) is 31.4 Å². The first-order valence-corrected chi connectivity index (χ1v) is 5.97. The van der Waals surface area contributed by atoms with Gasteiger partial charge in [0, 0.05) is 19.5 Å². The maximum atomic E-state index is 11.6. The zero-order valence-electron chi connectivity index (χ0n) is 10.8. The van der Waals surface area contributed by atoms with E-state index in [0.29, 0.717) is 13.1 Å². The lowest BCUT2D eigenvalue weighted by molar-refractivity contribution is -0.145. The van der Waals surface area contributed by atoms with E-state index in [1.165, 1.54) is 0 Å². The molecule has 0 saturated carbocycles. The number of nitrogens with one attached hydrogen (secondary N) is 2.